The van der Waals surface area contributed by atoms with Gasteiger partial charge in [0.25, 0.3) is 5.91 Å². The van der Waals surface area contributed by atoms with Gasteiger partial charge in [-0.15, -0.1) is 10.2 Å². The molecule has 35 heavy (non-hydrogen) atoms. The normalized spacial score (nSPS) is 13.6. The van der Waals surface area contributed by atoms with Crippen LogP contribution in [0.2, 0.25) is 10.0 Å². The maximum absolute atomic E-state index is 13.1. The zero-order chi connectivity index (χ0) is 24.8. The highest BCUT2D eigenvalue weighted by Gasteiger charge is 2.26. The number of piperazine rings is 1. The second-order valence-electron chi connectivity index (χ2n) is 8.36. The number of benzene rings is 2. The van der Waals surface area contributed by atoms with E-state index < -0.39 is 0 Å². The summed E-state index contributed by atoms with van der Waals surface area (Å²) >= 11 is 12.2. The lowest BCUT2D eigenvalue weighted by Gasteiger charge is -2.36. The zero-order valence-electron chi connectivity index (χ0n) is 19.5. The monoisotopic (exact) mass is 511 g/mol. The van der Waals surface area contributed by atoms with Crippen LogP contribution in [0.5, 0.6) is 0 Å². The van der Waals surface area contributed by atoms with Crippen molar-refractivity contribution in [2.24, 2.45) is 0 Å². The van der Waals surface area contributed by atoms with Crippen LogP contribution < -0.4 is 4.90 Å². The Labute approximate surface area is 215 Å². The van der Waals surface area contributed by atoms with E-state index in [4.69, 9.17) is 23.2 Å². The minimum atomic E-state index is -0.269. The molecule has 182 valence electrons. The summed E-state index contributed by atoms with van der Waals surface area (Å²) in [6.45, 7) is 4.85. The minimum absolute atomic E-state index is 0.0111. The Morgan fingerprint density at radius 3 is 2.31 bits per heavy atom. The van der Waals surface area contributed by atoms with Crippen molar-refractivity contribution in [1.82, 2.24) is 20.0 Å². The van der Waals surface area contributed by atoms with E-state index in [1.807, 2.05) is 49.4 Å². The van der Waals surface area contributed by atoms with Gasteiger partial charge in [-0.1, -0.05) is 60.5 Å². The third-order valence-corrected chi connectivity index (χ3v) is 6.49. The standard InChI is InChI=1S/C26H27Cl2N5O2/c1-2-12-33(26(35)21-9-8-20(27)17-22(21)28)18-25(34)32-15-13-31(14-16-32)24-11-10-23(29-30-24)19-6-4-3-5-7-19/h3-11,17H,2,12-16,18H2,1H3. The van der Waals surface area contributed by atoms with E-state index in [0.717, 1.165) is 23.5 Å². The van der Waals surface area contributed by atoms with E-state index in [9.17, 15) is 9.59 Å². The van der Waals surface area contributed by atoms with Gasteiger partial charge >= 0.3 is 0 Å². The van der Waals surface area contributed by atoms with Crippen molar-refractivity contribution in [1.29, 1.82) is 0 Å². The molecule has 1 aliphatic heterocycles. The van der Waals surface area contributed by atoms with E-state index in [1.54, 1.807) is 21.9 Å². The van der Waals surface area contributed by atoms with Gasteiger partial charge in [-0.3, -0.25) is 9.59 Å². The molecule has 2 amide bonds. The Balaban J connectivity index is 1.35. The van der Waals surface area contributed by atoms with E-state index in [-0.39, 0.29) is 23.4 Å². The number of carbonyl (C=O) groups is 2. The van der Waals surface area contributed by atoms with Crippen molar-refractivity contribution >= 4 is 40.8 Å². The molecule has 1 saturated heterocycles. The van der Waals surface area contributed by atoms with Gasteiger partial charge in [0.2, 0.25) is 5.91 Å². The molecule has 0 radical (unpaired) electrons. The number of amides is 2. The average molecular weight is 512 g/mol. The smallest absolute Gasteiger partial charge is 0.255 e. The first kappa shape index (κ1) is 24.9. The molecule has 0 N–H and O–H groups in total. The van der Waals surface area contributed by atoms with Gasteiger partial charge in [0.05, 0.1) is 16.3 Å². The second kappa shape index (κ2) is 11.5. The SMILES string of the molecule is CCCN(CC(=O)N1CCN(c2ccc(-c3ccccc3)nn2)CC1)C(=O)c1ccc(Cl)cc1Cl. The van der Waals surface area contributed by atoms with Crippen molar-refractivity contribution in [2.45, 2.75) is 13.3 Å². The van der Waals surface area contributed by atoms with Gasteiger partial charge in [0.1, 0.15) is 6.54 Å². The van der Waals surface area contributed by atoms with Crippen LogP contribution in [0.15, 0.2) is 60.7 Å². The molecule has 1 aliphatic rings. The topological polar surface area (TPSA) is 69.6 Å². The van der Waals surface area contributed by atoms with Gasteiger partial charge in [-0.2, -0.15) is 0 Å². The van der Waals surface area contributed by atoms with Crippen LogP contribution >= 0.6 is 23.2 Å². The summed E-state index contributed by atoms with van der Waals surface area (Å²) in [5.74, 6) is 0.438. The predicted molar refractivity (Wildman–Crippen MR) is 139 cm³/mol. The van der Waals surface area contributed by atoms with Gasteiger partial charge < -0.3 is 14.7 Å². The molecule has 0 saturated carbocycles. The molecule has 3 aromatic rings. The molecule has 7 nitrogen and oxygen atoms in total. The fourth-order valence-electron chi connectivity index (χ4n) is 4.06. The Morgan fingerprint density at radius 2 is 1.69 bits per heavy atom. The molecular formula is C26H27Cl2N5O2. The fraction of sp³-hybridized carbons (Fsp3) is 0.308. The number of halogens is 2. The summed E-state index contributed by atoms with van der Waals surface area (Å²) < 4.78 is 0. The lowest BCUT2D eigenvalue weighted by Crippen LogP contribution is -2.52. The van der Waals surface area contributed by atoms with E-state index >= 15 is 0 Å². The van der Waals surface area contributed by atoms with Gasteiger partial charge in [0, 0.05) is 43.3 Å². The summed E-state index contributed by atoms with van der Waals surface area (Å²) in [5.41, 5.74) is 2.19. The van der Waals surface area contributed by atoms with Gasteiger partial charge in [-0.25, -0.2) is 0 Å². The molecule has 2 heterocycles. The number of rotatable bonds is 7. The summed E-state index contributed by atoms with van der Waals surface area (Å²) in [5, 5.41) is 9.50. The third kappa shape index (κ3) is 6.10. The third-order valence-electron chi connectivity index (χ3n) is 5.94. The molecule has 0 bridgehead atoms. The fourth-order valence-corrected chi connectivity index (χ4v) is 4.55. The van der Waals surface area contributed by atoms with Crippen LogP contribution in [-0.4, -0.2) is 71.1 Å². The average Bonchev–Trinajstić information content (AvgIpc) is 2.89. The molecule has 0 unspecified atom stereocenters. The molecule has 1 aromatic heterocycles. The molecule has 9 heteroatoms. The van der Waals surface area contributed by atoms with Crippen molar-refractivity contribution in [2.75, 3.05) is 44.2 Å². The Bertz CT molecular complexity index is 1170. The highest BCUT2D eigenvalue weighted by atomic mass is 35.5. The number of anilines is 1. The highest BCUT2D eigenvalue weighted by molar-refractivity contribution is 6.36. The first-order valence-corrected chi connectivity index (χ1v) is 12.4. The molecule has 4 rings (SSSR count). The van der Waals surface area contributed by atoms with Crippen molar-refractivity contribution in [3.05, 3.63) is 76.3 Å². The van der Waals surface area contributed by atoms with Crippen molar-refractivity contribution < 1.29 is 9.59 Å². The lowest BCUT2D eigenvalue weighted by molar-refractivity contribution is -0.132. The Hall–Kier alpha value is -3.16. The van der Waals surface area contributed by atoms with Crippen LogP contribution in [-0.2, 0) is 4.79 Å². The molecule has 1 fully saturated rings. The van der Waals surface area contributed by atoms with Gasteiger partial charge in [0.15, 0.2) is 5.82 Å². The van der Waals surface area contributed by atoms with Crippen LogP contribution in [0.25, 0.3) is 11.3 Å². The zero-order valence-corrected chi connectivity index (χ0v) is 21.0. The lowest BCUT2D eigenvalue weighted by atomic mass is 10.1. The molecule has 2 aromatic carbocycles. The van der Waals surface area contributed by atoms with E-state index in [1.165, 1.54) is 6.07 Å². The summed E-state index contributed by atoms with van der Waals surface area (Å²) in [6.07, 6.45) is 0.732. The summed E-state index contributed by atoms with van der Waals surface area (Å²) in [4.78, 5) is 31.6. The summed E-state index contributed by atoms with van der Waals surface area (Å²) in [7, 11) is 0. The predicted octanol–water partition coefficient (Wildman–Crippen LogP) is 4.65. The van der Waals surface area contributed by atoms with Gasteiger partial charge in [-0.05, 0) is 36.8 Å². The first-order valence-electron chi connectivity index (χ1n) is 11.6. The largest absolute Gasteiger partial charge is 0.352 e. The van der Waals surface area contributed by atoms with Crippen LogP contribution in [0.3, 0.4) is 0 Å². The molecule has 0 aliphatic carbocycles. The minimum Gasteiger partial charge on any atom is -0.352 e. The van der Waals surface area contributed by atoms with Crippen LogP contribution in [0, 0.1) is 0 Å². The highest BCUT2D eigenvalue weighted by Crippen LogP contribution is 2.23. The Kier molecular flexibility index (Phi) is 8.21. The van der Waals surface area contributed by atoms with E-state index in [0.29, 0.717) is 43.3 Å². The molecule has 0 spiro atoms. The number of hydrogen-bond donors (Lipinski definition) is 0. The number of aromatic nitrogens is 2. The number of carbonyl (C=O) groups excluding carboxylic acids is 2. The molecule has 0 atom stereocenters. The Morgan fingerprint density at radius 1 is 0.943 bits per heavy atom. The summed E-state index contributed by atoms with van der Waals surface area (Å²) in [6, 6.07) is 18.6. The van der Waals surface area contributed by atoms with Crippen LogP contribution in [0.1, 0.15) is 23.7 Å². The molecular weight excluding hydrogens is 485 g/mol. The van der Waals surface area contributed by atoms with Crippen molar-refractivity contribution in [3.63, 3.8) is 0 Å². The second-order valence-corrected chi connectivity index (χ2v) is 9.21. The quantitative estimate of drug-likeness (QED) is 0.461. The maximum atomic E-state index is 13.1. The maximum Gasteiger partial charge on any atom is 0.255 e. The van der Waals surface area contributed by atoms with Crippen molar-refractivity contribution in [3.8, 4) is 11.3 Å². The van der Waals surface area contributed by atoms with Crippen LogP contribution in [0.4, 0.5) is 5.82 Å². The first-order chi connectivity index (χ1) is 17.0. The number of nitrogens with zero attached hydrogens (tertiary/aromatic N) is 5. The van der Waals surface area contributed by atoms with E-state index in [2.05, 4.69) is 15.1 Å². The number of hydrogen-bond acceptors (Lipinski definition) is 5.